The molecule has 0 bridgehead atoms. The fraction of sp³-hybridized carbons (Fsp3) is 0.286. The number of amides is 1. The molecule has 0 saturated heterocycles. The lowest BCUT2D eigenvalue weighted by molar-refractivity contribution is -0.114. The van der Waals surface area contributed by atoms with E-state index in [9.17, 15) is 9.59 Å². The number of hydrogen-bond acceptors (Lipinski definition) is 5. The van der Waals surface area contributed by atoms with Crippen LogP contribution in [-0.4, -0.2) is 27.5 Å². The smallest absolute Gasteiger partial charge is 0.241 e. The van der Waals surface area contributed by atoms with Gasteiger partial charge >= 0.3 is 0 Å². The highest BCUT2D eigenvalue weighted by Gasteiger charge is 2.29. The normalized spacial score (nSPS) is 17.4. The highest BCUT2D eigenvalue weighted by atomic mass is 35.5. The van der Waals surface area contributed by atoms with Crippen molar-refractivity contribution in [2.45, 2.75) is 18.8 Å². The highest BCUT2D eigenvalue weighted by Crippen LogP contribution is 2.32. The van der Waals surface area contributed by atoms with Crippen LogP contribution >= 0.6 is 11.6 Å². The average molecular weight is 306 g/mol. The van der Waals surface area contributed by atoms with Crippen molar-refractivity contribution in [3.63, 3.8) is 0 Å². The molecular formula is C14H12ClN3O3. The summed E-state index contributed by atoms with van der Waals surface area (Å²) in [5.41, 5.74) is 1.12. The van der Waals surface area contributed by atoms with E-state index in [0.717, 1.165) is 5.76 Å². The van der Waals surface area contributed by atoms with E-state index in [2.05, 4.69) is 15.3 Å². The number of fused-ring (bicyclic) bond motifs is 1. The van der Waals surface area contributed by atoms with Crippen LogP contribution in [0.2, 0.25) is 0 Å². The fourth-order valence-electron chi connectivity index (χ4n) is 2.39. The minimum atomic E-state index is -0.388. The second kappa shape index (κ2) is 5.65. The van der Waals surface area contributed by atoms with E-state index >= 15 is 0 Å². The Hall–Kier alpha value is -2.21. The summed E-state index contributed by atoms with van der Waals surface area (Å²) in [6.45, 7) is 0. The molecule has 0 aliphatic heterocycles. The zero-order valence-electron chi connectivity index (χ0n) is 11.0. The molecule has 2 heterocycles. The first-order valence-corrected chi connectivity index (χ1v) is 6.99. The van der Waals surface area contributed by atoms with Gasteiger partial charge in [0, 0.05) is 25.0 Å². The largest absolute Gasteiger partial charge is 0.469 e. The van der Waals surface area contributed by atoms with E-state index in [1.165, 1.54) is 6.20 Å². The van der Waals surface area contributed by atoms with Crippen LogP contribution in [0.15, 0.2) is 29.0 Å². The number of carbonyl (C=O) groups excluding carboxylic acids is 2. The Kier molecular flexibility index (Phi) is 3.70. The third kappa shape index (κ3) is 2.80. The van der Waals surface area contributed by atoms with Crippen molar-refractivity contribution in [3.8, 4) is 0 Å². The van der Waals surface area contributed by atoms with E-state index in [1.807, 2.05) is 6.07 Å². The van der Waals surface area contributed by atoms with Crippen molar-refractivity contribution in [1.82, 2.24) is 9.97 Å². The number of hydrogen-bond donors (Lipinski definition) is 1. The first kappa shape index (κ1) is 13.8. The van der Waals surface area contributed by atoms with Gasteiger partial charge in [0.25, 0.3) is 0 Å². The molecule has 0 radical (unpaired) electrons. The molecule has 0 aromatic carbocycles. The quantitative estimate of drug-likeness (QED) is 0.878. The summed E-state index contributed by atoms with van der Waals surface area (Å²) in [7, 11) is 0. The first-order chi connectivity index (χ1) is 10.2. The van der Waals surface area contributed by atoms with Crippen LogP contribution in [0.1, 0.15) is 34.2 Å². The maximum atomic E-state index is 12.2. The minimum Gasteiger partial charge on any atom is -0.469 e. The standard InChI is InChI=1S/C14H12ClN3O3/c15-6-13(20)18-14-16-7-9-10(17-14)4-8(5-11(9)19)12-2-1-3-21-12/h1-3,7-8H,4-6H2,(H,16,17,18,20)/t8-/m0/s1. The second-order valence-corrected chi connectivity index (χ2v) is 5.05. The summed E-state index contributed by atoms with van der Waals surface area (Å²) in [5.74, 6) is 0.306. The van der Waals surface area contributed by atoms with Crippen molar-refractivity contribution >= 4 is 29.2 Å². The molecule has 2 aromatic heterocycles. The van der Waals surface area contributed by atoms with Crippen LogP contribution in [-0.2, 0) is 11.2 Å². The fourth-order valence-corrected chi connectivity index (χ4v) is 2.45. The Morgan fingerprint density at radius 1 is 1.48 bits per heavy atom. The number of furan rings is 1. The molecule has 3 rings (SSSR count). The summed E-state index contributed by atoms with van der Waals surface area (Å²) < 4.78 is 5.37. The molecule has 1 amide bonds. The van der Waals surface area contributed by atoms with Crippen LogP contribution in [0.5, 0.6) is 0 Å². The third-order valence-corrected chi connectivity index (χ3v) is 3.60. The van der Waals surface area contributed by atoms with Crippen LogP contribution in [0.25, 0.3) is 0 Å². The Balaban J connectivity index is 1.88. The number of carbonyl (C=O) groups is 2. The molecule has 0 spiro atoms. The number of aromatic nitrogens is 2. The van der Waals surface area contributed by atoms with Gasteiger partial charge in [0.15, 0.2) is 5.78 Å². The summed E-state index contributed by atoms with van der Waals surface area (Å²) >= 11 is 5.43. The van der Waals surface area contributed by atoms with Crippen molar-refractivity contribution in [2.75, 3.05) is 11.2 Å². The molecule has 1 aliphatic carbocycles. The Bertz CT molecular complexity index is 685. The SMILES string of the molecule is O=C(CCl)Nc1ncc2c(n1)C[C@H](c1ccco1)CC2=O. The molecule has 0 unspecified atom stereocenters. The monoisotopic (exact) mass is 305 g/mol. The lowest BCUT2D eigenvalue weighted by Crippen LogP contribution is -2.22. The van der Waals surface area contributed by atoms with Gasteiger partial charge in [-0.05, 0) is 12.1 Å². The van der Waals surface area contributed by atoms with Gasteiger partial charge in [0.2, 0.25) is 11.9 Å². The number of rotatable bonds is 3. The Morgan fingerprint density at radius 2 is 2.33 bits per heavy atom. The number of alkyl halides is 1. The predicted molar refractivity (Wildman–Crippen MR) is 75.5 cm³/mol. The van der Waals surface area contributed by atoms with E-state index in [4.69, 9.17) is 16.0 Å². The maximum absolute atomic E-state index is 12.2. The van der Waals surface area contributed by atoms with Crippen molar-refractivity contribution in [1.29, 1.82) is 0 Å². The van der Waals surface area contributed by atoms with E-state index in [0.29, 0.717) is 24.1 Å². The zero-order chi connectivity index (χ0) is 14.8. The lowest BCUT2D eigenvalue weighted by atomic mass is 9.85. The maximum Gasteiger partial charge on any atom is 0.241 e. The molecule has 108 valence electrons. The van der Waals surface area contributed by atoms with Crippen LogP contribution in [0.3, 0.4) is 0 Å². The van der Waals surface area contributed by atoms with Gasteiger partial charge in [-0.3, -0.25) is 14.9 Å². The molecule has 0 fully saturated rings. The van der Waals surface area contributed by atoms with Gasteiger partial charge in [-0.1, -0.05) is 0 Å². The molecule has 6 nitrogen and oxygen atoms in total. The van der Waals surface area contributed by atoms with Crippen LogP contribution < -0.4 is 5.32 Å². The van der Waals surface area contributed by atoms with Gasteiger partial charge in [0.05, 0.1) is 17.5 Å². The van der Waals surface area contributed by atoms with Crippen molar-refractivity contribution in [2.24, 2.45) is 0 Å². The topological polar surface area (TPSA) is 85.1 Å². The highest BCUT2D eigenvalue weighted by molar-refractivity contribution is 6.28. The Labute approximate surface area is 125 Å². The number of nitrogens with one attached hydrogen (secondary N) is 1. The Morgan fingerprint density at radius 3 is 3.05 bits per heavy atom. The number of halogens is 1. The molecule has 2 aromatic rings. The van der Waals surface area contributed by atoms with E-state index in [1.54, 1.807) is 12.3 Å². The first-order valence-electron chi connectivity index (χ1n) is 6.45. The van der Waals surface area contributed by atoms with Gasteiger partial charge in [-0.15, -0.1) is 11.6 Å². The third-order valence-electron chi connectivity index (χ3n) is 3.36. The number of Topliss-reactive ketones (excluding diaryl/α,β-unsaturated/α-hetero) is 1. The number of ketones is 1. The molecule has 1 N–H and O–H groups in total. The van der Waals surface area contributed by atoms with Gasteiger partial charge in [0.1, 0.15) is 11.6 Å². The van der Waals surface area contributed by atoms with Gasteiger partial charge < -0.3 is 4.42 Å². The predicted octanol–water partition coefficient (Wildman–Crippen LogP) is 2.16. The molecule has 7 heteroatoms. The summed E-state index contributed by atoms with van der Waals surface area (Å²) in [6.07, 6.45) is 3.98. The molecular weight excluding hydrogens is 294 g/mol. The van der Waals surface area contributed by atoms with Crippen molar-refractivity contribution in [3.05, 3.63) is 41.6 Å². The van der Waals surface area contributed by atoms with Crippen molar-refractivity contribution < 1.29 is 14.0 Å². The number of nitrogens with zero attached hydrogens (tertiary/aromatic N) is 2. The van der Waals surface area contributed by atoms with Gasteiger partial charge in [-0.25, -0.2) is 9.97 Å². The van der Waals surface area contributed by atoms with Crippen LogP contribution in [0.4, 0.5) is 5.95 Å². The van der Waals surface area contributed by atoms with E-state index < -0.39 is 0 Å². The summed E-state index contributed by atoms with van der Waals surface area (Å²) in [6, 6.07) is 3.64. The average Bonchev–Trinajstić information content (AvgIpc) is 3.01. The second-order valence-electron chi connectivity index (χ2n) is 4.78. The zero-order valence-corrected chi connectivity index (χ0v) is 11.8. The van der Waals surface area contributed by atoms with Crippen LogP contribution in [0, 0.1) is 0 Å². The summed E-state index contributed by atoms with van der Waals surface area (Å²) in [5, 5.41) is 2.48. The molecule has 1 atom stereocenters. The summed E-state index contributed by atoms with van der Waals surface area (Å²) in [4.78, 5) is 31.6. The lowest BCUT2D eigenvalue weighted by Gasteiger charge is -2.21. The number of anilines is 1. The molecule has 0 saturated carbocycles. The van der Waals surface area contributed by atoms with E-state index in [-0.39, 0.29) is 29.4 Å². The minimum absolute atomic E-state index is 0.0205. The van der Waals surface area contributed by atoms with Gasteiger partial charge in [-0.2, -0.15) is 0 Å². The molecule has 1 aliphatic rings. The molecule has 21 heavy (non-hydrogen) atoms.